The summed E-state index contributed by atoms with van der Waals surface area (Å²) in [4.78, 5) is 2.03. The molecular weight excluding hydrogens is 241 g/mol. The monoisotopic (exact) mass is 258 g/mol. The summed E-state index contributed by atoms with van der Waals surface area (Å²) in [6.07, 6.45) is -2.45. The Morgan fingerprint density at radius 3 is 2.67 bits per heavy atom. The second kappa shape index (κ2) is 4.90. The molecule has 2 unspecified atom stereocenters. The van der Waals surface area contributed by atoms with Crippen LogP contribution in [0.3, 0.4) is 0 Å². The highest BCUT2D eigenvalue weighted by Gasteiger charge is 2.33. The molecule has 0 saturated carbocycles. The minimum absolute atomic E-state index is 0.104. The Balaban J connectivity index is 2.32. The maximum atomic E-state index is 12.7. The van der Waals surface area contributed by atoms with Gasteiger partial charge in [-0.2, -0.15) is 13.2 Å². The molecule has 2 nitrogen and oxygen atoms in total. The van der Waals surface area contributed by atoms with Crippen LogP contribution in [0.5, 0.6) is 0 Å². The summed E-state index contributed by atoms with van der Waals surface area (Å²) in [7, 11) is 1.91. The number of nitrogens with two attached hydrogens (primary N) is 1. The van der Waals surface area contributed by atoms with Gasteiger partial charge in [0.05, 0.1) is 5.56 Å². The first-order valence-corrected chi connectivity index (χ1v) is 6.02. The predicted octanol–water partition coefficient (Wildman–Crippen LogP) is 2.80. The van der Waals surface area contributed by atoms with Crippen LogP contribution in [0, 0.1) is 0 Å². The molecule has 0 aliphatic carbocycles. The van der Waals surface area contributed by atoms with Gasteiger partial charge in [0.1, 0.15) is 0 Å². The molecule has 2 rings (SSSR count). The molecule has 1 aromatic carbocycles. The van der Waals surface area contributed by atoms with Crippen LogP contribution < -0.4 is 5.73 Å². The van der Waals surface area contributed by atoms with E-state index in [1.54, 1.807) is 6.07 Å². The first kappa shape index (κ1) is 13.4. The third-order valence-corrected chi connectivity index (χ3v) is 3.48. The normalized spacial score (nSPS) is 26.3. The van der Waals surface area contributed by atoms with Crippen molar-refractivity contribution in [1.82, 2.24) is 4.90 Å². The summed E-state index contributed by atoms with van der Waals surface area (Å²) in [5, 5.41) is 0. The molecule has 0 aromatic heterocycles. The molecule has 1 fully saturated rings. The van der Waals surface area contributed by atoms with Crippen molar-refractivity contribution >= 4 is 0 Å². The third-order valence-electron chi connectivity index (χ3n) is 3.48. The van der Waals surface area contributed by atoms with E-state index in [9.17, 15) is 13.2 Å². The largest absolute Gasteiger partial charge is 0.416 e. The van der Waals surface area contributed by atoms with Crippen molar-refractivity contribution in [3.05, 3.63) is 35.4 Å². The number of nitrogens with zero attached hydrogens (tertiary/aromatic N) is 1. The fraction of sp³-hybridized carbons (Fsp3) is 0.538. The number of rotatable bonds is 1. The van der Waals surface area contributed by atoms with Crippen LogP contribution in [0.25, 0.3) is 0 Å². The molecule has 1 aromatic rings. The van der Waals surface area contributed by atoms with E-state index in [0.717, 1.165) is 25.5 Å². The summed E-state index contributed by atoms with van der Waals surface area (Å²) < 4.78 is 38.1. The van der Waals surface area contributed by atoms with Gasteiger partial charge in [0.25, 0.3) is 0 Å². The van der Waals surface area contributed by atoms with Gasteiger partial charge in [0, 0.05) is 12.1 Å². The maximum absolute atomic E-state index is 12.7. The first-order chi connectivity index (χ1) is 8.39. The van der Waals surface area contributed by atoms with E-state index >= 15 is 0 Å². The van der Waals surface area contributed by atoms with E-state index in [2.05, 4.69) is 0 Å². The van der Waals surface area contributed by atoms with Gasteiger partial charge >= 0.3 is 6.18 Å². The lowest BCUT2D eigenvalue weighted by Crippen LogP contribution is -2.43. The van der Waals surface area contributed by atoms with Crippen LogP contribution in [-0.2, 0) is 6.18 Å². The average molecular weight is 258 g/mol. The minimum atomic E-state index is -4.30. The average Bonchev–Trinajstić information content (AvgIpc) is 2.28. The zero-order valence-electron chi connectivity index (χ0n) is 10.2. The lowest BCUT2D eigenvalue weighted by atomic mass is 9.90. The maximum Gasteiger partial charge on any atom is 0.416 e. The number of likely N-dealkylation sites (tertiary alicyclic amines) is 1. The van der Waals surface area contributed by atoms with E-state index in [1.165, 1.54) is 12.1 Å². The van der Waals surface area contributed by atoms with E-state index in [-0.39, 0.29) is 12.1 Å². The highest BCUT2D eigenvalue weighted by atomic mass is 19.4. The zero-order valence-corrected chi connectivity index (χ0v) is 10.2. The zero-order chi connectivity index (χ0) is 13.3. The molecule has 2 atom stereocenters. The lowest BCUT2D eigenvalue weighted by Gasteiger charge is -2.37. The van der Waals surface area contributed by atoms with Gasteiger partial charge < -0.3 is 5.73 Å². The topological polar surface area (TPSA) is 29.3 Å². The van der Waals surface area contributed by atoms with Crippen molar-refractivity contribution < 1.29 is 13.2 Å². The molecule has 1 aliphatic rings. The van der Waals surface area contributed by atoms with Crippen LogP contribution >= 0.6 is 0 Å². The predicted molar refractivity (Wildman–Crippen MR) is 64.0 cm³/mol. The van der Waals surface area contributed by atoms with Gasteiger partial charge in [-0.05, 0) is 44.1 Å². The summed E-state index contributed by atoms with van der Waals surface area (Å²) in [6, 6.07) is 5.26. The van der Waals surface area contributed by atoms with Gasteiger partial charge in [-0.1, -0.05) is 12.1 Å². The smallest absolute Gasteiger partial charge is 0.326 e. The fourth-order valence-corrected chi connectivity index (χ4v) is 2.60. The van der Waals surface area contributed by atoms with Gasteiger partial charge in [-0.15, -0.1) is 0 Å². The molecule has 1 aliphatic heterocycles. The van der Waals surface area contributed by atoms with Gasteiger partial charge in [0.15, 0.2) is 0 Å². The number of hydrogen-bond donors (Lipinski definition) is 1. The molecule has 0 amide bonds. The van der Waals surface area contributed by atoms with Gasteiger partial charge in [-0.3, -0.25) is 4.90 Å². The Bertz CT molecular complexity index is 407. The summed E-state index contributed by atoms with van der Waals surface area (Å²) in [6.45, 7) is 0.870. The number of benzene rings is 1. The molecule has 1 saturated heterocycles. The molecule has 2 N–H and O–H groups in total. The molecule has 100 valence electrons. The number of alkyl halides is 3. The highest BCUT2D eigenvalue weighted by molar-refractivity contribution is 5.29. The van der Waals surface area contributed by atoms with Crippen LogP contribution in [0.2, 0.25) is 0 Å². The molecule has 18 heavy (non-hydrogen) atoms. The quantitative estimate of drug-likeness (QED) is 0.839. The molecule has 5 heteroatoms. The second-order valence-corrected chi connectivity index (χ2v) is 4.85. The van der Waals surface area contributed by atoms with E-state index in [0.29, 0.717) is 5.56 Å². The van der Waals surface area contributed by atoms with Crippen LogP contribution in [-0.4, -0.2) is 24.5 Å². The van der Waals surface area contributed by atoms with Crippen molar-refractivity contribution in [2.45, 2.75) is 31.1 Å². The van der Waals surface area contributed by atoms with Gasteiger partial charge in [-0.25, -0.2) is 0 Å². The number of halogens is 3. The Morgan fingerprint density at radius 1 is 1.33 bits per heavy atom. The fourth-order valence-electron chi connectivity index (χ4n) is 2.60. The Kier molecular flexibility index (Phi) is 3.64. The van der Waals surface area contributed by atoms with Crippen LogP contribution in [0.1, 0.15) is 30.0 Å². The van der Waals surface area contributed by atoms with E-state index < -0.39 is 11.7 Å². The summed E-state index contributed by atoms with van der Waals surface area (Å²) in [5.74, 6) is 0. The summed E-state index contributed by atoms with van der Waals surface area (Å²) in [5.41, 5.74) is 6.08. The molecule has 0 spiro atoms. The van der Waals surface area contributed by atoms with Crippen molar-refractivity contribution in [1.29, 1.82) is 0 Å². The number of hydrogen-bond acceptors (Lipinski definition) is 2. The van der Waals surface area contributed by atoms with Crippen LogP contribution in [0.15, 0.2) is 24.3 Å². The van der Waals surface area contributed by atoms with E-state index in [1.807, 2.05) is 11.9 Å². The van der Waals surface area contributed by atoms with Crippen molar-refractivity contribution in [2.24, 2.45) is 5.73 Å². The van der Waals surface area contributed by atoms with E-state index in [4.69, 9.17) is 5.73 Å². The standard InChI is InChI=1S/C13H17F3N2/c1-18-7-3-6-11(17)12(18)9-4-2-5-10(8-9)13(14,15)16/h2,4-5,8,11-12H,3,6-7,17H2,1H3. The second-order valence-electron chi connectivity index (χ2n) is 4.85. The molecule has 0 bridgehead atoms. The van der Waals surface area contributed by atoms with Crippen molar-refractivity contribution in [2.75, 3.05) is 13.6 Å². The van der Waals surface area contributed by atoms with Crippen LogP contribution in [0.4, 0.5) is 13.2 Å². The number of likely N-dealkylation sites (N-methyl/N-ethyl adjacent to an activating group) is 1. The first-order valence-electron chi connectivity index (χ1n) is 6.02. The van der Waals surface area contributed by atoms with Crippen molar-refractivity contribution in [3.8, 4) is 0 Å². The Labute approximate surface area is 105 Å². The summed E-state index contributed by atoms with van der Waals surface area (Å²) >= 11 is 0. The lowest BCUT2D eigenvalue weighted by molar-refractivity contribution is -0.137. The Morgan fingerprint density at radius 2 is 2.06 bits per heavy atom. The van der Waals surface area contributed by atoms with Crippen molar-refractivity contribution in [3.63, 3.8) is 0 Å². The molecule has 1 heterocycles. The Hall–Kier alpha value is -1.07. The molecule has 0 radical (unpaired) electrons. The SMILES string of the molecule is CN1CCCC(N)C1c1cccc(C(F)(F)F)c1. The highest BCUT2D eigenvalue weighted by Crippen LogP contribution is 2.34. The number of piperidine rings is 1. The minimum Gasteiger partial charge on any atom is -0.326 e. The third kappa shape index (κ3) is 2.67. The molecular formula is C13H17F3N2. The van der Waals surface area contributed by atoms with Gasteiger partial charge in [0.2, 0.25) is 0 Å².